The van der Waals surface area contributed by atoms with Crippen molar-refractivity contribution in [3.8, 4) is 11.3 Å². The molecule has 2 aromatic rings. The maximum absolute atomic E-state index is 12.2. The fraction of sp³-hybridized carbons (Fsp3) is 0.0714. The highest BCUT2D eigenvalue weighted by atomic mass is 35.5. The average molecular weight is 336 g/mol. The van der Waals surface area contributed by atoms with E-state index in [0.717, 1.165) is 0 Å². The molecule has 1 aromatic heterocycles. The van der Waals surface area contributed by atoms with E-state index in [0.29, 0.717) is 27.0 Å². The quantitative estimate of drug-likeness (QED) is 0.876. The summed E-state index contributed by atoms with van der Waals surface area (Å²) in [6, 6.07) is 4.78. The van der Waals surface area contributed by atoms with Gasteiger partial charge in [-0.2, -0.15) is 5.10 Å². The number of halogens is 2. The maximum Gasteiger partial charge on any atom is 0.327 e. The number of allylic oxidation sites excluding steroid dienone is 1. The molecule has 0 fully saturated rings. The van der Waals surface area contributed by atoms with Crippen molar-refractivity contribution >= 4 is 41.1 Å². The molecule has 1 aliphatic heterocycles. The first-order valence-corrected chi connectivity index (χ1v) is 7.14. The standard InChI is InChI=1S/C14H11Cl2N5O/c15-9-2-3-11(16)10(6-9)13-12(7-18-20-13)19-14(22)21-5-1-4-17-8-21/h1-7H,8H2,(H,18,20)(H,19,22). The summed E-state index contributed by atoms with van der Waals surface area (Å²) in [4.78, 5) is 17.6. The normalized spacial score (nSPS) is 13.5. The Bertz CT molecular complexity index is 768. The van der Waals surface area contributed by atoms with Crippen LogP contribution in [0.15, 0.2) is 41.7 Å². The molecule has 2 amide bonds. The summed E-state index contributed by atoms with van der Waals surface area (Å²) in [5.41, 5.74) is 1.76. The van der Waals surface area contributed by atoms with Crippen LogP contribution >= 0.6 is 23.2 Å². The molecule has 1 aliphatic rings. The second-order valence-corrected chi connectivity index (χ2v) is 5.34. The van der Waals surface area contributed by atoms with Crippen molar-refractivity contribution in [2.75, 3.05) is 12.0 Å². The van der Waals surface area contributed by atoms with E-state index >= 15 is 0 Å². The molecule has 0 saturated carbocycles. The van der Waals surface area contributed by atoms with Crippen molar-refractivity contribution in [3.63, 3.8) is 0 Å². The lowest BCUT2D eigenvalue weighted by atomic mass is 10.1. The van der Waals surface area contributed by atoms with Crippen molar-refractivity contribution in [1.29, 1.82) is 0 Å². The minimum absolute atomic E-state index is 0.271. The van der Waals surface area contributed by atoms with E-state index in [1.165, 1.54) is 11.1 Å². The summed E-state index contributed by atoms with van der Waals surface area (Å²) in [5.74, 6) is 0. The van der Waals surface area contributed by atoms with E-state index < -0.39 is 0 Å². The van der Waals surface area contributed by atoms with Crippen LogP contribution in [0.1, 0.15) is 0 Å². The van der Waals surface area contributed by atoms with E-state index in [2.05, 4.69) is 20.5 Å². The van der Waals surface area contributed by atoms with Gasteiger partial charge in [-0.15, -0.1) is 0 Å². The number of H-pyrrole nitrogens is 1. The number of nitrogens with one attached hydrogen (secondary N) is 2. The first-order chi connectivity index (χ1) is 10.6. The molecule has 0 radical (unpaired) electrons. The van der Waals surface area contributed by atoms with Gasteiger partial charge in [0, 0.05) is 23.0 Å². The van der Waals surface area contributed by atoms with Gasteiger partial charge in [0.25, 0.3) is 0 Å². The molecule has 0 unspecified atom stereocenters. The van der Waals surface area contributed by atoms with Gasteiger partial charge in [0.15, 0.2) is 0 Å². The Morgan fingerprint density at radius 1 is 1.36 bits per heavy atom. The van der Waals surface area contributed by atoms with Crippen LogP contribution in [-0.4, -0.2) is 34.0 Å². The number of aromatic amines is 1. The fourth-order valence-electron chi connectivity index (χ4n) is 1.98. The number of rotatable bonds is 2. The van der Waals surface area contributed by atoms with Gasteiger partial charge in [0.1, 0.15) is 6.67 Å². The number of amides is 2. The number of aromatic nitrogens is 2. The summed E-state index contributed by atoms with van der Waals surface area (Å²) in [6.07, 6.45) is 6.49. The van der Waals surface area contributed by atoms with Gasteiger partial charge in [-0.3, -0.25) is 15.0 Å². The Kier molecular flexibility index (Phi) is 4.13. The molecule has 1 aromatic carbocycles. The van der Waals surface area contributed by atoms with E-state index in [4.69, 9.17) is 23.2 Å². The molecule has 0 aliphatic carbocycles. The SMILES string of the molecule is O=C(Nc1cn[nH]c1-c1cc(Cl)ccc1Cl)N1C=CC=NC1. The van der Waals surface area contributed by atoms with Gasteiger partial charge in [0.2, 0.25) is 0 Å². The largest absolute Gasteiger partial charge is 0.327 e. The molecule has 3 rings (SSSR count). The number of hydrogen-bond donors (Lipinski definition) is 2. The Balaban J connectivity index is 1.86. The van der Waals surface area contributed by atoms with Crippen molar-refractivity contribution in [3.05, 3.63) is 46.7 Å². The predicted octanol–water partition coefficient (Wildman–Crippen LogP) is 3.77. The summed E-state index contributed by atoms with van der Waals surface area (Å²) in [5, 5.41) is 10.6. The Morgan fingerprint density at radius 2 is 2.23 bits per heavy atom. The van der Waals surface area contributed by atoms with Crippen molar-refractivity contribution in [1.82, 2.24) is 15.1 Å². The number of benzene rings is 1. The zero-order valence-corrected chi connectivity index (χ0v) is 12.8. The number of carbonyl (C=O) groups excluding carboxylic acids is 1. The summed E-state index contributed by atoms with van der Waals surface area (Å²) in [6.45, 7) is 0.271. The topological polar surface area (TPSA) is 73.4 Å². The van der Waals surface area contributed by atoms with Crippen LogP contribution in [0.3, 0.4) is 0 Å². The minimum Gasteiger partial charge on any atom is -0.304 e. The van der Waals surface area contributed by atoms with Crippen LogP contribution in [0.5, 0.6) is 0 Å². The summed E-state index contributed by atoms with van der Waals surface area (Å²) in [7, 11) is 0. The molecule has 0 saturated heterocycles. The van der Waals surface area contributed by atoms with Crippen LogP contribution in [-0.2, 0) is 0 Å². The lowest BCUT2D eigenvalue weighted by Crippen LogP contribution is -2.31. The smallest absolute Gasteiger partial charge is 0.304 e. The zero-order valence-electron chi connectivity index (χ0n) is 11.3. The van der Waals surface area contributed by atoms with Gasteiger partial charge >= 0.3 is 6.03 Å². The molecule has 22 heavy (non-hydrogen) atoms. The van der Waals surface area contributed by atoms with E-state index in [-0.39, 0.29) is 12.7 Å². The number of nitrogens with zero attached hydrogens (tertiary/aromatic N) is 3. The number of anilines is 1. The van der Waals surface area contributed by atoms with Gasteiger partial charge in [0.05, 0.1) is 22.6 Å². The molecule has 8 heteroatoms. The van der Waals surface area contributed by atoms with Gasteiger partial charge in [-0.05, 0) is 24.3 Å². The number of carbonyl (C=O) groups is 1. The highest BCUT2D eigenvalue weighted by Crippen LogP contribution is 2.33. The first-order valence-electron chi connectivity index (χ1n) is 6.38. The molecule has 112 valence electrons. The Morgan fingerprint density at radius 3 is 3.00 bits per heavy atom. The Labute approximate surface area is 136 Å². The second-order valence-electron chi connectivity index (χ2n) is 4.50. The van der Waals surface area contributed by atoms with Crippen molar-refractivity contribution in [2.24, 2.45) is 4.99 Å². The molecule has 6 nitrogen and oxygen atoms in total. The molecular weight excluding hydrogens is 325 g/mol. The van der Waals surface area contributed by atoms with Crippen LogP contribution in [0.4, 0.5) is 10.5 Å². The maximum atomic E-state index is 12.2. The van der Waals surface area contributed by atoms with E-state index in [9.17, 15) is 4.79 Å². The number of aliphatic imine (C=N–C) groups is 1. The van der Waals surface area contributed by atoms with Gasteiger partial charge in [-0.1, -0.05) is 23.2 Å². The van der Waals surface area contributed by atoms with Crippen LogP contribution in [0, 0.1) is 0 Å². The fourth-order valence-corrected chi connectivity index (χ4v) is 2.36. The Hall–Kier alpha value is -2.31. The first kappa shape index (κ1) is 14.6. The van der Waals surface area contributed by atoms with Crippen LogP contribution in [0.2, 0.25) is 10.0 Å². The minimum atomic E-state index is -0.311. The van der Waals surface area contributed by atoms with Crippen molar-refractivity contribution in [2.45, 2.75) is 0 Å². The van der Waals surface area contributed by atoms with Crippen LogP contribution < -0.4 is 5.32 Å². The third kappa shape index (κ3) is 2.98. The zero-order chi connectivity index (χ0) is 15.5. The highest BCUT2D eigenvalue weighted by molar-refractivity contribution is 6.35. The molecule has 2 N–H and O–H groups in total. The summed E-state index contributed by atoms with van der Waals surface area (Å²) >= 11 is 12.2. The van der Waals surface area contributed by atoms with E-state index in [1.54, 1.807) is 36.7 Å². The summed E-state index contributed by atoms with van der Waals surface area (Å²) < 4.78 is 0. The van der Waals surface area contributed by atoms with Crippen LogP contribution in [0.25, 0.3) is 11.3 Å². The molecular formula is C14H11Cl2N5O. The number of urea groups is 1. The van der Waals surface area contributed by atoms with Gasteiger partial charge < -0.3 is 5.32 Å². The number of hydrogen-bond acceptors (Lipinski definition) is 3. The monoisotopic (exact) mass is 335 g/mol. The van der Waals surface area contributed by atoms with E-state index in [1.807, 2.05) is 0 Å². The predicted molar refractivity (Wildman–Crippen MR) is 87.4 cm³/mol. The molecule has 0 bridgehead atoms. The van der Waals surface area contributed by atoms with Gasteiger partial charge in [-0.25, -0.2) is 4.79 Å². The average Bonchev–Trinajstić information content (AvgIpc) is 2.98. The molecule has 0 spiro atoms. The highest BCUT2D eigenvalue weighted by Gasteiger charge is 2.17. The molecule has 0 atom stereocenters. The third-order valence-corrected chi connectivity index (χ3v) is 3.60. The second kappa shape index (κ2) is 6.21. The lowest BCUT2D eigenvalue weighted by Gasteiger charge is -2.18. The van der Waals surface area contributed by atoms with Crippen molar-refractivity contribution < 1.29 is 4.79 Å². The lowest BCUT2D eigenvalue weighted by molar-refractivity contribution is 0.229. The third-order valence-electron chi connectivity index (χ3n) is 3.03. The molecule has 2 heterocycles.